The number of carbonyl (C=O) groups is 1. The summed E-state index contributed by atoms with van der Waals surface area (Å²) in [4.78, 5) is 17.9. The second-order valence-corrected chi connectivity index (χ2v) is 7.13. The Morgan fingerprint density at radius 2 is 1.65 bits per heavy atom. The van der Waals surface area contributed by atoms with Crippen LogP contribution >= 0.6 is 0 Å². The number of anilines is 1. The van der Waals surface area contributed by atoms with Gasteiger partial charge in [0, 0.05) is 16.6 Å². The van der Waals surface area contributed by atoms with Crippen LogP contribution in [0.15, 0.2) is 78.9 Å². The summed E-state index contributed by atoms with van der Waals surface area (Å²) >= 11 is 0. The van der Waals surface area contributed by atoms with Crippen molar-refractivity contribution in [3.63, 3.8) is 0 Å². The first-order valence-corrected chi connectivity index (χ1v) is 10.3. The number of hydrogen-bond acceptors (Lipinski definition) is 4. The van der Waals surface area contributed by atoms with Crippen LogP contribution in [0, 0.1) is 0 Å². The molecular weight excluding hydrogens is 388 g/mol. The lowest BCUT2D eigenvalue weighted by Gasteiger charge is -2.11. The number of para-hydroxylation sites is 1. The van der Waals surface area contributed by atoms with Crippen molar-refractivity contribution in [1.82, 2.24) is 4.98 Å². The Hall–Kier alpha value is -3.86. The average Bonchev–Trinajstić information content (AvgIpc) is 2.82. The van der Waals surface area contributed by atoms with Crippen molar-refractivity contribution in [2.24, 2.45) is 0 Å². The summed E-state index contributed by atoms with van der Waals surface area (Å²) in [6.07, 6.45) is 0.959. The summed E-state index contributed by atoms with van der Waals surface area (Å²) in [5, 5.41) is 3.78. The molecule has 0 saturated carbocycles. The number of nitrogens with one attached hydrogen (secondary N) is 1. The number of amides is 1. The van der Waals surface area contributed by atoms with Crippen LogP contribution in [-0.2, 0) is 0 Å². The molecule has 4 aromatic rings. The minimum atomic E-state index is -0.187. The van der Waals surface area contributed by atoms with Crippen LogP contribution in [-0.4, -0.2) is 24.6 Å². The number of carbonyl (C=O) groups excluding carboxylic acids is 1. The highest BCUT2D eigenvalue weighted by molar-refractivity contribution is 6.13. The molecule has 0 aliphatic rings. The molecule has 1 heterocycles. The molecule has 0 bridgehead atoms. The Morgan fingerprint density at radius 1 is 0.935 bits per heavy atom. The summed E-state index contributed by atoms with van der Waals surface area (Å²) in [6.45, 7) is 2.76. The summed E-state index contributed by atoms with van der Waals surface area (Å²) in [5.41, 5.74) is 3.70. The largest absolute Gasteiger partial charge is 0.497 e. The highest BCUT2D eigenvalue weighted by atomic mass is 16.5. The Morgan fingerprint density at radius 3 is 2.35 bits per heavy atom. The molecule has 156 valence electrons. The van der Waals surface area contributed by atoms with Gasteiger partial charge >= 0.3 is 0 Å². The van der Waals surface area contributed by atoms with E-state index in [4.69, 9.17) is 14.5 Å². The zero-order valence-corrected chi connectivity index (χ0v) is 17.6. The van der Waals surface area contributed by atoms with Crippen molar-refractivity contribution in [3.8, 4) is 22.8 Å². The van der Waals surface area contributed by atoms with E-state index in [0.717, 1.165) is 40.1 Å². The highest BCUT2D eigenvalue weighted by Crippen LogP contribution is 2.27. The third-order valence-corrected chi connectivity index (χ3v) is 4.93. The third-order valence-electron chi connectivity index (χ3n) is 4.93. The van der Waals surface area contributed by atoms with Crippen molar-refractivity contribution in [2.75, 3.05) is 19.0 Å². The van der Waals surface area contributed by atoms with Crippen molar-refractivity contribution in [1.29, 1.82) is 0 Å². The SMILES string of the molecule is CCCOc1ccc(-c2cc(C(=O)Nc3ccc(OC)cc3)c3ccccc3n2)cc1. The zero-order valence-electron chi connectivity index (χ0n) is 17.6. The van der Waals surface area contributed by atoms with Gasteiger partial charge in [-0.25, -0.2) is 4.98 Å². The fourth-order valence-corrected chi connectivity index (χ4v) is 3.33. The molecule has 0 saturated heterocycles. The van der Waals surface area contributed by atoms with E-state index in [1.165, 1.54) is 0 Å². The number of rotatable bonds is 7. The molecule has 0 unspecified atom stereocenters. The van der Waals surface area contributed by atoms with Crippen LogP contribution in [0.4, 0.5) is 5.69 Å². The van der Waals surface area contributed by atoms with Crippen molar-refractivity contribution < 1.29 is 14.3 Å². The minimum absolute atomic E-state index is 0.187. The van der Waals surface area contributed by atoms with Crippen LogP contribution in [0.5, 0.6) is 11.5 Å². The number of aromatic nitrogens is 1. The van der Waals surface area contributed by atoms with Gasteiger partial charge in [-0.1, -0.05) is 25.1 Å². The maximum atomic E-state index is 13.1. The third kappa shape index (κ3) is 4.67. The molecule has 3 aromatic carbocycles. The smallest absolute Gasteiger partial charge is 0.256 e. The van der Waals surface area contributed by atoms with Gasteiger partial charge in [-0.3, -0.25) is 4.79 Å². The molecule has 1 N–H and O–H groups in total. The van der Waals surface area contributed by atoms with E-state index in [2.05, 4.69) is 12.2 Å². The maximum Gasteiger partial charge on any atom is 0.256 e. The fraction of sp³-hybridized carbons (Fsp3) is 0.154. The number of methoxy groups -OCH3 is 1. The molecule has 0 fully saturated rings. The first-order valence-electron chi connectivity index (χ1n) is 10.3. The van der Waals surface area contributed by atoms with E-state index in [1.54, 1.807) is 7.11 Å². The highest BCUT2D eigenvalue weighted by Gasteiger charge is 2.14. The molecule has 0 radical (unpaired) electrons. The molecule has 0 atom stereocenters. The lowest BCUT2D eigenvalue weighted by atomic mass is 10.0. The van der Waals surface area contributed by atoms with Gasteiger partial charge in [-0.05, 0) is 67.1 Å². The van der Waals surface area contributed by atoms with Gasteiger partial charge in [-0.2, -0.15) is 0 Å². The Bertz CT molecular complexity index is 1190. The van der Waals surface area contributed by atoms with Gasteiger partial charge in [0.15, 0.2) is 0 Å². The summed E-state index contributed by atoms with van der Waals surface area (Å²) < 4.78 is 10.8. The monoisotopic (exact) mass is 412 g/mol. The molecular formula is C26H24N2O3. The van der Waals surface area contributed by atoms with E-state index in [1.807, 2.05) is 78.9 Å². The number of fused-ring (bicyclic) bond motifs is 1. The number of hydrogen-bond donors (Lipinski definition) is 1. The second-order valence-electron chi connectivity index (χ2n) is 7.13. The number of ether oxygens (including phenoxy) is 2. The minimum Gasteiger partial charge on any atom is -0.497 e. The maximum absolute atomic E-state index is 13.1. The molecule has 4 rings (SSSR count). The Labute approximate surface area is 181 Å². The molecule has 5 nitrogen and oxygen atoms in total. The van der Waals surface area contributed by atoms with Crippen molar-refractivity contribution >= 4 is 22.5 Å². The molecule has 0 spiro atoms. The molecule has 1 amide bonds. The van der Waals surface area contributed by atoms with E-state index >= 15 is 0 Å². The predicted octanol–water partition coefficient (Wildman–Crippen LogP) is 5.95. The van der Waals surface area contributed by atoms with Gasteiger partial charge < -0.3 is 14.8 Å². The van der Waals surface area contributed by atoms with E-state index in [9.17, 15) is 4.79 Å². The number of pyridine rings is 1. The van der Waals surface area contributed by atoms with Gasteiger partial charge in [0.2, 0.25) is 0 Å². The van der Waals surface area contributed by atoms with Gasteiger partial charge in [0.05, 0.1) is 30.5 Å². The van der Waals surface area contributed by atoms with Crippen LogP contribution in [0.25, 0.3) is 22.2 Å². The lowest BCUT2D eigenvalue weighted by Crippen LogP contribution is -2.13. The number of nitrogens with zero attached hydrogens (tertiary/aromatic N) is 1. The summed E-state index contributed by atoms with van der Waals surface area (Å²) in [5.74, 6) is 1.37. The predicted molar refractivity (Wildman–Crippen MR) is 124 cm³/mol. The zero-order chi connectivity index (χ0) is 21.6. The normalized spacial score (nSPS) is 10.6. The van der Waals surface area contributed by atoms with Crippen LogP contribution in [0.1, 0.15) is 23.7 Å². The van der Waals surface area contributed by atoms with Crippen LogP contribution in [0.3, 0.4) is 0 Å². The average molecular weight is 412 g/mol. The van der Waals surface area contributed by atoms with Crippen LogP contribution < -0.4 is 14.8 Å². The molecule has 31 heavy (non-hydrogen) atoms. The first-order chi connectivity index (χ1) is 15.2. The van der Waals surface area contributed by atoms with Crippen LogP contribution in [0.2, 0.25) is 0 Å². The van der Waals surface area contributed by atoms with E-state index in [0.29, 0.717) is 17.9 Å². The van der Waals surface area contributed by atoms with Gasteiger partial charge in [0.25, 0.3) is 5.91 Å². The van der Waals surface area contributed by atoms with E-state index < -0.39 is 0 Å². The van der Waals surface area contributed by atoms with Crippen molar-refractivity contribution in [3.05, 3.63) is 84.4 Å². The van der Waals surface area contributed by atoms with E-state index in [-0.39, 0.29) is 5.91 Å². The Kier molecular flexibility index (Phi) is 6.13. The molecule has 1 aromatic heterocycles. The first kappa shape index (κ1) is 20.4. The van der Waals surface area contributed by atoms with Gasteiger partial charge in [-0.15, -0.1) is 0 Å². The Balaban J connectivity index is 1.68. The fourth-order valence-electron chi connectivity index (χ4n) is 3.33. The standard InChI is InChI=1S/C26H24N2O3/c1-3-16-31-21-12-8-18(9-13-21)25-17-23(22-6-4-5-7-24(22)28-25)26(29)27-19-10-14-20(30-2)15-11-19/h4-15,17H,3,16H2,1-2H3,(H,27,29). The topological polar surface area (TPSA) is 60.5 Å². The molecule has 0 aliphatic heterocycles. The lowest BCUT2D eigenvalue weighted by molar-refractivity contribution is 0.102. The summed E-state index contributed by atoms with van der Waals surface area (Å²) in [6, 6.07) is 24.5. The quantitative estimate of drug-likeness (QED) is 0.407. The second kappa shape index (κ2) is 9.30. The van der Waals surface area contributed by atoms with Crippen molar-refractivity contribution in [2.45, 2.75) is 13.3 Å². The summed E-state index contributed by atoms with van der Waals surface area (Å²) in [7, 11) is 1.61. The molecule has 5 heteroatoms. The number of benzene rings is 3. The van der Waals surface area contributed by atoms with Gasteiger partial charge in [0.1, 0.15) is 11.5 Å². The molecule has 0 aliphatic carbocycles.